The summed E-state index contributed by atoms with van der Waals surface area (Å²) in [7, 11) is 0. The third kappa shape index (κ3) is 2.88. The van der Waals surface area contributed by atoms with E-state index in [0.29, 0.717) is 0 Å². The van der Waals surface area contributed by atoms with Gasteiger partial charge in [0.1, 0.15) is 0 Å². The van der Waals surface area contributed by atoms with Gasteiger partial charge in [0, 0.05) is 23.1 Å². The molecule has 0 radical (unpaired) electrons. The van der Waals surface area contributed by atoms with E-state index < -0.39 is 5.41 Å². The molecule has 0 saturated carbocycles. The molecule has 0 aliphatic heterocycles. The quantitative estimate of drug-likeness (QED) is 0.276. The number of benzene rings is 4. The topological polar surface area (TPSA) is 64.9 Å². The molecule has 35 heavy (non-hydrogen) atoms. The third-order valence-corrected chi connectivity index (χ3v) is 7.80. The summed E-state index contributed by atoms with van der Waals surface area (Å²) in [6.45, 7) is 8.37. The van der Waals surface area contributed by atoms with Crippen molar-refractivity contribution in [2.45, 2.75) is 33.1 Å². The minimum Gasteiger partial charge on any atom is -0.398 e. The molecule has 3 heteroatoms. The van der Waals surface area contributed by atoms with Crippen molar-refractivity contribution in [3.8, 4) is 11.1 Å². The molecular formula is C32H29N3. The first-order chi connectivity index (χ1) is 16.8. The van der Waals surface area contributed by atoms with Crippen LogP contribution in [0.4, 0.5) is 11.4 Å². The molecule has 4 aromatic carbocycles. The van der Waals surface area contributed by atoms with Crippen LogP contribution in [0.3, 0.4) is 0 Å². The molecule has 1 aliphatic carbocycles. The second-order valence-corrected chi connectivity index (χ2v) is 9.94. The molecule has 1 aromatic heterocycles. The van der Waals surface area contributed by atoms with Gasteiger partial charge in [-0.15, -0.1) is 0 Å². The van der Waals surface area contributed by atoms with Gasteiger partial charge in [0.25, 0.3) is 0 Å². The molecule has 1 aliphatic rings. The summed E-state index contributed by atoms with van der Waals surface area (Å²) < 4.78 is 0. The van der Waals surface area contributed by atoms with Gasteiger partial charge in [-0.1, -0.05) is 54.6 Å². The molecule has 6 rings (SSSR count). The SMILES string of the molecule is Cc1cc(C2(c3cc(C)c(N)c(C)c3)c3cc4ccccc4cc3-c3cccnc32)cc(C)c1N. The highest BCUT2D eigenvalue weighted by atomic mass is 14.7. The number of rotatable bonds is 2. The van der Waals surface area contributed by atoms with Crippen molar-refractivity contribution >= 4 is 22.1 Å². The number of nitrogens with zero attached hydrogens (tertiary/aromatic N) is 1. The summed E-state index contributed by atoms with van der Waals surface area (Å²) in [5.74, 6) is 0. The lowest BCUT2D eigenvalue weighted by Crippen LogP contribution is -2.30. The molecule has 0 bridgehead atoms. The maximum Gasteiger partial charge on any atom is 0.0886 e. The van der Waals surface area contributed by atoms with Gasteiger partial charge in [-0.2, -0.15) is 0 Å². The highest BCUT2D eigenvalue weighted by molar-refractivity contribution is 5.95. The van der Waals surface area contributed by atoms with Crippen molar-refractivity contribution in [2.24, 2.45) is 0 Å². The zero-order valence-corrected chi connectivity index (χ0v) is 20.6. The van der Waals surface area contributed by atoms with Crippen molar-refractivity contribution in [3.05, 3.63) is 124 Å². The van der Waals surface area contributed by atoms with E-state index in [0.717, 1.165) is 39.3 Å². The second kappa shape index (κ2) is 7.44. The first-order valence-corrected chi connectivity index (χ1v) is 12.1. The molecule has 5 aromatic rings. The van der Waals surface area contributed by atoms with E-state index in [4.69, 9.17) is 16.5 Å². The summed E-state index contributed by atoms with van der Waals surface area (Å²) in [5, 5.41) is 2.45. The summed E-state index contributed by atoms with van der Waals surface area (Å²) in [6.07, 6.45) is 1.91. The molecule has 0 atom stereocenters. The van der Waals surface area contributed by atoms with Crippen molar-refractivity contribution in [2.75, 3.05) is 11.5 Å². The van der Waals surface area contributed by atoms with E-state index in [9.17, 15) is 0 Å². The van der Waals surface area contributed by atoms with Crippen molar-refractivity contribution < 1.29 is 0 Å². The second-order valence-electron chi connectivity index (χ2n) is 9.94. The Morgan fingerprint density at radius 3 is 1.66 bits per heavy atom. The number of aryl methyl sites for hydroxylation is 4. The van der Waals surface area contributed by atoms with Crippen molar-refractivity contribution in [3.63, 3.8) is 0 Å². The Hall–Kier alpha value is -4.11. The molecular weight excluding hydrogens is 426 g/mol. The van der Waals surface area contributed by atoms with E-state index in [-0.39, 0.29) is 0 Å². The van der Waals surface area contributed by atoms with Crippen LogP contribution in [-0.2, 0) is 5.41 Å². The number of pyridine rings is 1. The van der Waals surface area contributed by atoms with Crippen LogP contribution in [-0.4, -0.2) is 4.98 Å². The Morgan fingerprint density at radius 1 is 0.600 bits per heavy atom. The Bertz CT molecular complexity index is 1560. The maximum absolute atomic E-state index is 6.43. The molecule has 1 heterocycles. The number of nitrogen functional groups attached to an aromatic ring is 2. The standard InChI is InChI=1S/C32H29N3/c1-18-12-24(13-19(2)29(18)33)32(25-14-20(3)30(34)21(4)15-25)28-17-23-9-6-5-8-22(23)16-27(28)26-10-7-11-35-31(26)32/h5-17H,33-34H2,1-4H3. The maximum atomic E-state index is 6.43. The number of anilines is 2. The summed E-state index contributed by atoms with van der Waals surface area (Å²) in [4.78, 5) is 5.07. The average molecular weight is 456 g/mol. The van der Waals surface area contributed by atoms with Gasteiger partial charge in [0.2, 0.25) is 0 Å². The van der Waals surface area contributed by atoms with Gasteiger partial charge in [0.05, 0.1) is 11.1 Å². The highest BCUT2D eigenvalue weighted by Crippen LogP contribution is 2.56. The van der Waals surface area contributed by atoms with E-state index in [1.54, 1.807) is 0 Å². The predicted molar refractivity (Wildman–Crippen MR) is 147 cm³/mol. The smallest absolute Gasteiger partial charge is 0.0886 e. The van der Waals surface area contributed by atoms with Crippen LogP contribution in [0.15, 0.2) is 79.0 Å². The molecule has 3 nitrogen and oxygen atoms in total. The number of hydrogen-bond acceptors (Lipinski definition) is 3. The van der Waals surface area contributed by atoms with Gasteiger partial charge >= 0.3 is 0 Å². The Labute approximate surface area is 206 Å². The Morgan fingerprint density at radius 2 is 1.11 bits per heavy atom. The van der Waals surface area contributed by atoms with Crippen molar-refractivity contribution in [1.29, 1.82) is 0 Å². The van der Waals surface area contributed by atoms with E-state index >= 15 is 0 Å². The Kier molecular flexibility index (Phi) is 4.56. The highest BCUT2D eigenvalue weighted by Gasteiger charge is 2.48. The molecule has 0 amide bonds. The molecule has 4 N–H and O–H groups in total. The summed E-state index contributed by atoms with van der Waals surface area (Å²) in [5.41, 5.74) is 25.3. The molecule has 0 fully saturated rings. The fourth-order valence-corrected chi connectivity index (χ4v) is 5.96. The van der Waals surface area contributed by atoms with Crippen LogP contribution in [0, 0.1) is 27.7 Å². The van der Waals surface area contributed by atoms with Crippen LogP contribution in [0.1, 0.15) is 44.6 Å². The largest absolute Gasteiger partial charge is 0.398 e. The zero-order valence-electron chi connectivity index (χ0n) is 20.6. The van der Waals surface area contributed by atoms with Crippen LogP contribution < -0.4 is 11.5 Å². The molecule has 0 unspecified atom stereocenters. The number of fused-ring (bicyclic) bond motifs is 4. The lowest BCUT2D eigenvalue weighted by atomic mass is 9.68. The van der Waals surface area contributed by atoms with Crippen LogP contribution in [0.2, 0.25) is 0 Å². The van der Waals surface area contributed by atoms with Gasteiger partial charge in [-0.25, -0.2) is 0 Å². The normalized spacial score (nSPS) is 13.6. The van der Waals surface area contributed by atoms with Crippen molar-refractivity contribution in [1.82, 2.24) is 4.98 Å². The molecule has 0 spiro atoms. The van der Waals surface area contributed by atoms with Crippen LogP contribution in [0.25, 0.3) is 21.9 Å². The lowest BCUT2D eigenvalue weighted by molar-refractivity contribution is 0.735. The molecule has 172 valence electrons. The number of hydrogen-bond donors (Lipinski definition) is 2. The lowest BCUT2D eigenvalue weighted by Gasteiger charge is -2.34. The summed E-state index contributed by atoms with van der Waals surface area (Å²) >= 11 is 0. The van der Waals surface area contributed by atoms with Gasteiger partial charge in [-0.3, -0.25) is 4.98 Å². The third-order valence-electron chi connectivity index (χ3n) is 7.80. The predicted octanol–water partition coefficient (Wildman–Crippen LogP) is 7.00. The van der Waals surface area contributed by atoms with Gasteiger partial charge < -0.3 is 11.5 Å². The van der Waals surface area contributed by atoms with Crippen LogP contribution >= 0.6 is 0 Å². The zero-order chi connectivity index (χ0) is 24.5. The summed E-state index contributed by atoms with van der Waals surface area (Å²) in [6, 6.07) is 26.5. The molecule has 0 saturated heterocycles. The van der Waals surface area contributed by atoms with Gasteiger partial charge in [0.15, 0.2) is 0 Å². The number of aromatic nitrogens is 1. The van der Waals surface area contributed by atoms with Crippen LogP contribution in [0.5, 0.6) is 0 Å². The van der Waals surface area contributed by atoms with E-state index in [1.165, 1.54) is 38.6 Å². The first kappa shape index (κ1) is 21.4. The Balaban J connectivity index is 1.85. The fourth-order valence-electron chi connectivity index (χ4n) is 5.96. The monoisotopic (exact) mass is 455 g/mol. The number of nitrogens with two attached hydrogens (primary N) is 2. The first-order valence-electron chi connectivity index (χ1n) is 12.1. The fraction of sp³-hybridized carbons (Fsp3) is 0.156. The van der Waals surface area contributed by atoms with E-state index in [2.05, 4.69) is 94.4 Å². The van der Waals surface area contributed by atoms with Gasteiger partial charge in [-0.05, 0) is 101 Å². The minimum absolute atomic E-state index is 0.581. The average Bonchev–Trinajstić information content (AvgIpc) is 3.14. The minimum atomic E-state index is -0.581. The van der Waals surface area contributed by atoms with E-state index in [1.807, 2.05) is 12.3 Å².